The zero-order chi connectivity index (χ0) is 25.2. The van der Waals surface area contributed by atoms with Crippen molar-refractivity contribution in [2.45, 2.75) is 16.6 Å². The number of Topliss-reactive ketones (excluding diaryl/α,β-unsaturated/α-hetero) is 1. The van der Waals surface area contributed by atoms with Gasteiger partial charge in [-0.25, -0.2) is 4.79 Å². The van der Waals surface area contributed by atoms with E-state index < -0.39 is 57.7 Å². The largest absolute Gasteiger partial charge is 0.477 e. The molecule has 0 unspecified atom stereocenters. The van der Waals surface area contributed by atoms with Crippen LogP contribution in [0.1, 0.15) is 0 Å². The number of alkyl halides is 1. The average Bonchev–Trinajstić information content (AvgIpc) is 2.80. The molecule has 2 aliphatic heterocycles. The molecule has 1 saturated heterocycles. The number of aryl methyl sites for hydroxylation is 1. The van der Waals surface area contributed by atoms with Crippen LogP contribution in [0.4, 0.5) is 0 Å². The van der Waals surface area contributed by atoms with Gasteiger partial charge in [-0.05, 0) is 5.57 Å². The quantitative estimate of drug-likeness (QED) is 0.0612. The molecular formula is C17H17ClN6O8S2. The van der Waals surface area contributed by atoms with Gasteiger partial charge >= 0.3 is 17.1 Å². The van der Waals surface area contributed by atoms with Gasteiger partial charge in [0.2, 0.25) is 11.5 Å². The number of thioether (sulfide) groups is 2. The molecule has 0 bridgehead atoms. The Bertz CT molecular complexity index is 1240. The lowest BCUT2D eigenvalue weighted by Crippen LogP contribution is -2.71. The molecule has 2 amide bonds. The SMILES string of the molecule is CON=C(C(=O)CCl)C(=O)N[C@@H]1C(=O)N2C(C(=O)O)=C(CSc3nc(=O)c(=O)[nH]n3C)CS[C@H]12. The van der Waals surface area contributed by atoms with E-state index in [9.17, 15) is 33.9 Å². The second-order valence-corrected chi connectivity index (χ2v) is 9.10. The molecule has 14 nitrogen and oxygen atoms in total. The number of aromatic amines is 1. The monoisotopic (exact) mass is 532 g/mol. The lowest BCUT2D eigenvalue weighted by molar-refractivity contribution is -0.150. The Labute approximate surface area is 203 Å². The van der Waals surface area contributed by atoms with Crippen molar-refractivity contribution in [3.8, 4) is 0 Å². The van der Waals surface area contributed by atoms with Crippen LogP contribution < -0.4 is 16.4 Å². The number of rotatable bonds is 9. The number of ketones is 1. The van der Waals surface area contributed by atoms with Gasteiger partial charge in [0.25, 0.3) is 11.8 Å². The highest BCUT2D eigenvalue weighted by Crippen LogP contribution is 2.41. The second kappa shape index (κ2) is 10.4. The third-order valence-corrected chi connectivity index (χ3v) is 7.34. The Kier molecular flexibility index (Phi) is 7.83. The maximum absolute atomic E-state index is 12.7. The van der Waals surface area contributed by atoms with E-state index in [1.807, 2.05) is 0 Å². The first-order chi connectivity index (χ1) is 16.1. The number of β-lactam (4-membered cyclic amide) rings is 1. The fourth-order valence-corrected chi connectivity index (χ4v) is 5.65. The van der Waals surface area contributed by atoms with Crippen molar-refractivity contribution < 1.29 is 29.1 Å². The maximum atomic E-state index is 12.7. The van der Waals surface area contributed by atoms with Crippen molar-refractivity contribution in [3.05, 3.63) is 32.0 Å². The zero-order valence-electron chi connectivity index (χ0n) is 17.6. The molecule has 2 atom stereocenters. The predicted molar refractivity (Wildman–Crippen MR) is 121 cm³/mol. The molecule has 1 aromatic rings. The van der Waals surface area contributed by atoms with Crippen molar-refractivity contribution in [1.29, 1.82) is 0 Å². The Morgan fingerprint density at radius 2 is 2.09 bits per heavy atom. The summed E-state index contributed by atoms with van der Waals surface area (Å²) in [6.07, 6.45) is 0. The van der Waals surface area contributed by atoms with Crippen LogP contribution in [-0.2, 0) is 31.1 Å². The number of carbonyl (C=O) groups excluding carboxylic acids is 3. The van der Waals surface area contributed by atoms with E-state index in [-0.39, 0.29) is 22.4 Å². The number of nitrogens with one attached hydrogen (secondary N) is 2. The fraction of sp³-hybridized carbons (Fsp3) is 0.412. The van der Waals surface area contributed by atoms with Gasteiger partial charge < -0.3 is 15.3 Å². The van der Waals surface area contributed by atoms with Crippen molar-refractivity contribution >= 4 is 64.4 Å². The number of hydrogen-bond donors (Lipinski definition) is 3. The number of carboxylic acids is 1. The minimum absolute atomic E-state index is 0.0728. The van der Waals surface area contributed by atoms with Gasteiger partial charge in [0.05, 0.1) is 5.88 Å². The summed E-state index contributed by atoms with van der Waals surface area (Å²) in [5.41, 5.74) is -2.35. The molecule has 1 aromatic heterocycles. The number of H-pyrrole nitrogens is 1. The molecule has 182 valence electrons. The smallest absolute Gasteiger partial charge is 0.352 e. The minimum atomic E-state index is -1.35. The van der Waals surface area contributed by atoms with Crippen LogP contribution in [0.2, 0.25) is 0 Å². The Morgan fingerprint density at radius 3 is 2.71 bits per heavy atom. The first-order valence-corrected chi connectivity index (χ1v) is 11.9. The van der Waals surface area contributed by atoms with Gasteiger partial charge in [0.1, 0.15) is 24.2 Å². The summed E-state index contributed by atoms with van der Waals surface area (Å²) >= 11 is 7.68. The molecule has 0 radical (unpaired) electrons. The topological polar surface area (TPSA) is 193 Å². The van der Waals surface area contributed by atoms with Crippen molar-refractivity contribution in [2.24, 2.45) is 12.2 Å². The van der Waals surface area contributed by atoms with Gasteiger partial charge in [-0.1, -0.05) is 16.9 Å². The summed E-state index contributed by atoms with van der Waals surface area (Å²) in [7, 11) is 2.60. The Morgan fingerprint density at radius 1 is 1.38 bits per heavy atom. The number of carbonyl (C=O) groups is 4. The maximum Gasteiger partial charge on any atom is 0.352 e. The summed E-state index contributed by atoms with van der Waals surface area (Å²) in [5, 5.41) is 17.2. The number of hydrogen-bond acceptors (Lipinski definition) is 11. The van der Waals surface area contributed by atoms with Gasteiger partial charge in [-0.15, -0.1) is 23.4 Å². The van der Waals surface area contributed by atoms with Gasteiger partial charge in [0.15, 0.2) is 5.16 Å². The number of oxime groups is 1. The molecule has 0 spiro atoms. The molecule has 1 fully saturated rings. The molecule has 17 heteroatoms. The van der Waals surface area contributed by atoms with Crippen molar-refractivity contribution in [2.75, 3.05) is 24.5 Å². The Hall–Kier alpha value is -3.11. The van der Waals surface area contributed by atoms with E-state index in [4.69, 9.17) is 11.6 Å². The normalized spacial score (nSPS) is 19.9. The van der Waals surface area contributed by atoms with Gasteiger partial charge in [0, 0.05) is 18.6 Å². The third kappa shape index (κ3) is 4.88. The summed E-state index contributed by atoms with van der Waals surface area (Å²) in [5.74, 6) is -4.07. The van der Waals surface area contributed by atoms with Gasteiger partial charge in [-0.2, -0.15) is 4.98 Å². The molecule has 3 N–H and O–H groups in total. The molecule has 34 heavy (non-hydrogen) atoms. The Balaban J connectivity index is 1.78. The molecular weight excluding hydrogens is 516 g/mol. The van der Waals surface area contributed by atoms with Crippen LogP contribution in [0, 0.1) is 0 Å². The molecule has 3 heterocycles. The van der Waals surface area contributed by atoms with E-state index in [2.05, 4.69) is 25.4 Å². The number of aliphatic carboxylic acids is 1. The highest BCUT2D eigenvalue weighted by molar-refractivity contribution is 8.01. The lowest BCUT2D eigenvalue weighted by Gasteiger charge is -2.49. The summed E-state index contributed by atoms with van der Waals surface area (Å²) in [6.45, 7) is 0. The fourth-order valence-electron chi connectivity index (χ4n) is 3.12. The van der Waals surface area contributed by atoms with Crippen LogP contribution in [0.3, 0.4) is 0 Å². The average molecular weight is 533 g/mol. The molecule has 0 aromatic carbocycles. The highest BCUT2D eigenvalue weighted by atomic mass is 35.5. The number of fused-ring (bicyclic) bond motifs is 1. The number of nitrogens with zero attached hydrogens (tertiary/aromatic N) is 4. The number of amides is 2. The molecule has 3 rings (SSSR count). The van der Waals surface area contributed by atoms with E-state index in [0.717, 1.165) is 23.8 Å². The van der Waals surface area contributed by atoms with Crippen LogP contribution in [-0.4, -0.2) is 90.0 Å². The standard InChI is InChI=1S/C17H17ClN6O8S2/c1-23-17(20-12(27)13(28)21-23)34-5-6-4-33-15-9(14(29)24(15)10(6)16(30)31)19-11(26)8(22-32-2)7(25)3-18/h9,15H,3-5H2,1-2H3,(H,19,26)(H,21,28)(H,30,31)/t9-,15-/m1/s1. The second-order valence-electron chi connectivity index (χ2n) is 6.79. The van der Waals surface area contributed by atoms with E-state index in [1.165, 1.54) is 23.5 Å². The summed E-state index contributed by atoms with van der Waals surface area (Å²) < 4.78 is 1.23. The van der Waals surface area contributed by atoms with Gasteiger partial charge in [-0.3, -0.25) is 38.7 Å². The van der Waals surface area contributed by atoms with Crippen LogP contribution in [0.5, 0.6) is 0 Å². The zero-order valence-corrected chi connectivity index (χ0v) is 20.0. The van der Waals surface area contributed by atoms with Crippen molar-refractivity contribution in [3.63, 3.8) is 0 Å². The first-order valence-electron chi connectivity index (χ1n) is 9.32. The van der Waals surface area contributed by atoms with Crippen LogP contribution in [0.15, 0.2) is 31.2 Å². The first kappa shape index (κ1) is 25.5. The summed E-state index contributed by atoms with van der Waals surface area (Å²) in [4.78, 5) is 80.9. The minimum Gasteiger partial charge on any atom is -0.477 e. The van der Waals surface area contributed by atoms with Crippen molar-refractivity contribution in [1.82, 2.24) is 25.0 Å². The molecule has 2 aliphatic rings. The van der Waals surface area contributed by atoms with E-state index >= 15 is 0 Å². The number of aromatic nitrogens is 3. The third-order valence-electron chi connectivity index (χ3n) is 4.64. The lowest BCUT2D eigenvalue weighted by atomic mass is 10.0. The predicted octanol–water partition coefficient (Wildman–Crippen LogP) is -1.89. The van der Waals surface area contributed by atoms with Crippen LogP contribution in [0.25, 0.3) is 0 Å². The number of halogens is 1. The van der Waals surface area contributed by atoms with Crippen LogP contribution >= 0.6 is 35.1 Å². The molecule has 0 saturated carbocycles. The van der Waals surface area contributed by atoms with E-state index in [0.29, 0.717) is 5.57 Å². The summed E-state index contributed by atoms with van der Waals surface area (Å²) in [6, 6.07) is -1.09. The van der Waals surface area contributed by atoms with E-state index in [1.54, 1.807) is 0 Å². The highest BCUT2D eigenvalue weighted by Gasteiger charge is 2.54. The molecule has 0 aliphatic carbocycles. The number of carboxylic acid groups (broad SMARTS) is 1.